The lowest BCUT2D eigenvalue weighted by atomic mass is 10.1. The molecule has 0 fully saturated rings. The fourth-order valence-electron chi connectivity index (χ4n) is 2.02. The van der Waals surface area contributed by atoms with Gasteiger partial charge < -0.3 is 9.73 Å². The Morgan fingerprint density at radius 3 is 2.57 bits per heavy atom. The molecule has 0 saturated heterocycles. The van der Waals surface area contributed by atoms with Crippen molar-refractivity contribution >= 4 is 0 Å². The number of aromatic nitrogens is 1. The minimum atomic E-state index is 0.127. The van der Waals surface area contributed by atoms with Gasteiger partial charge in [0.05, 0.1) is 18.5 Å². The van der Waals surface area contributed by atoms with E-state index in [0.717, 1.165) is 31.1 Å². The third kappa shape index (κ3) is 5.69. The number of pyridine rings is 1. The Hall–Kier alpha value is -1.65. The number of hydrogen-bond donors (Lipinski definition) is 1. The van der Waals surface area contributed by atoms with Crippen molar-refractivity contribution in [1.29, 1.82) is 0 Å². The Balaban J connectivity index is 1.84. The first-order chi connectivity index (χ1) is 9.92. The molecular weight excluding hydrogens is 262 g/mol. The minimum absolute atomic E-state index is 0.127. The van der Waals surface area contributed by atoms with Crippen molar-refractivity contribution in [2.24, 2.45) is 0 Å². The molecule has 0 aromatic carbocycles. The summed E-state index contributed by atoms with van der Waals surface area (Å²) in [6, 6.07) is 8.14. The molecule has 4 heteroatoms. The Morgan fingerprint density at radius 1 is 1.19 bits per heavy atom. The number of nitrogens with zero attached hydrogens (tertiary/aromatic N) is 2. The normalized spacial score (nSPS) is 12.0. The van der Waals surface area contributed by atoms with Gasteiger partial charge in [0.2, 0.25) is 0 Å². The highest BCUT2D eigenvalue weighted by atomic mass is 16.3. The Morgan fingerprint density at radius 2 is 2.00 bits per heavy atom. The molecular formula is C17H25N3O. The third-order valence-corrected chi connectivity index (χ3v) is 3.15. The van der Waals surface area contributed by atoms with E-state index in [9.17, 15) is 0 Å². The number of furan rings is 1. The number of nitrogens with one attached hydrogen (secondary N) is 1. The van der Waals surface area contributed by atoms with Gasteiger partial charge in [-0.25, -0.2) is 0 Å². The highest BCUT2D eigenvalue weighted by Crippen LogP contribution is 2.09. The smallest absolute Gasteiger partial charge is 0.117 e. The third-order valence-electron chi connectivity index (χ3n) is 3.15. The fourth-order valence-corrected chi connectivity index (χ4v) is 2.02. The van der Waals surface area contributed by atoms with Crippen LogP contribution in [0.5, 0.6) is 0 Å². The van der Waals surface area contributed by atoms with Gasteiger partial charge in [-0.05, 0) is 51.6 Å². The van der Waals surface area contributed by atoms with Crippen molar-refractivity contribution in [3.63, 3.8) is 0 Å². The van der Waals surface area contributed by atoms with Crippen molar-refractivity contribution in [2.75, 3.05) is 7.05 Å². The molecule has 4 nitrogen and oxygen atoms in total. The van der Waals surface area contributed by atoms with Crippen molar-refractivity contribution in [3.8, 4) is 0 Å². The molecule has 0 saturated carbocycles. The maximum atomic E-state index is 5.35. The van der Waals surface area contributed by atoms with Crippen LogP contribution in [0, 0.1) is 0 Å². The van der Waals surface area contributed by atoms with Gasteiger partial charge in [0.1, 0.15) is 5.76 Å². The lowest BCUT2D eigenvalue weighted by Crippen LogP contribution is -2.35. The predicted octanol–water partition coefficient (Wildman–Crippen LogP) is 3.19. The van der Waals surface area contributed by atoms with E-state index in [0.29, 0.717) is 0 Å². The summed E-state index contributed by atoms with van der Waals surface area (Å²) < 4.78 is 5.35. The Kier molecular flexibility index (Phi) is 5.15. The topological polar surface area (TPSA) is 41.3 Å². The first-order valence-electron chi connectivity index (χ1n) is 7.32. The zero-order chi connectivity index (χ0) is 15.3. The molecule has 2 rings (SSSR count). The average molecular weight is 287 g/mol. The van der Waals surface area contributed by atoms with Crippen LogP contribution in [0.25, 0.3) is 0 Å². The van der Waals surface area contributed by atoms with Crippen LogP contribution in [0.1, 0.15) is 37.8 Å². The van der Waals surface area contributed by atoms with Gasteiger partial charge in [-0.1, -0.05) is 6.07 Å². The predicted molar refractivity (Wildman–Crippen MR) is 84.7 cm³/mol. The molecule has 0 aliphatic carbocycles. The van der Waals surface area contributed by atoms with E-state index in [1.807, 2.05) is 18.3 Å². The highest BCUT2D eigenvalue weighted by molar-refractivity contribution is 5.14. The van der Waals surface area contributed by atoms with E-state index in [-0.39, 0.29) is 5.54 Å². The van der Waals surface area contributed by atoms with Crippen LogP contribution in [0.3, 0.4) is 0 Å². The van der Waals surface area contributed by atoms with Gasteiger partial charge >= 0.3 is 0 Å². The van der Waals surface area contributed by atoms with E-state index < -0.39 is 0 Å². The van der Waals surface area contributed by atoms with Crippen LogP contribution in [0.15, 0.2) is 41.1 Å². The van der Waals surface area contributed by atoms with Gasteiger partial charge in [0.15, 0.2) is 0 Å². The number of rotatable bonds is 6. The summed E-state index contributed by atoms with van der Waals surface area (Å²) in [4.78, 5) is 6.73. The molecule has 0 spiro atoms. The average Bonchev–Trinajstić information content (AvgIpc) is 2.89. The van der Waals surface area contributed by atoms with Crippen molar-refractivity contribution in [3.05, 3.63) is 53.7 Å². The summed E-state index contributed by atoms with van der Waals surface area (Å²) in [7, 11) is 2.07. The summed E-state index contributed by atoms with van der Waals surface area (Å²) in [5.41, 5.74) is 2.41. The molecule has 0 bridgehead atoms. The van der Waals surface area contributed by atoms with E-state index in [1.54, 1.807) is 6.26 Å². The summed E-state index contributed by atoms with van der Waals surface area (Å²) >= 11 is 0. The second kappa shape index (κ2) is 6.87. The van der Waals surface area contributed by atoms with Gasteiger partial charge in [0.25, 0.3) is 0 Å². The number of hydrogen-bond acceptors (Lipinski definition) is 4. The summed E-state index contributed by atoms with van der Waals surface area (Å²) in [6.07, 6.45) is 3.66. The fraction of sp³-hybridized carbons (Fsp3) is 0.471. The van der Waals surface area contributed by atoms with E-state index in [1.165, 1.54) is 5.56 Å². The molecule has 0 unspecified atom stereocenters. The van der Waals surface area contributed by atoms with E-state index >= 15 is 0 Å². The zero-order valence-corrected chi connectivity index (χ0v) is 13.4. The first kappa shape index (κ1) is 15.7. The summed E-state index contributed by atoms with van der Waals surface area (Å²) in [5.74, 6) is 0.975. The molecule has 0 aliphatic rings. The SMILES string of the molecule is CN(Cc1ccc(CNC(C)(C)C)cn1)Cc1ccco1. The second-order valence-electron chi connectivity index (χ2n) is 6.51. The van der Waals surface area contributed by atoms with E-state index in [2.05, 4.69) is 55.2 Å². The van der Waals surface area contributed by atoms with Crippen LogP contribution < -0.4 is 5.32 Å². The zero-order valence-electron chi connectivity index (χ0n) is 13.4. The highest BCUT2D eigenvalue weighted by Gasteiger charge is 2.09. The van der Waals surface area contributed by atoms with Crippen LogP contribution in [-0.4, -0.2) is 22.5 Å². The van der Waals surface area contributed by atoms with Crippen LogP contribution in [0.4, 0.5) is 0 Å². The van der Waals surface area contributed by atoms with Crippen molar-refractivity contribution in [1.82, 2.24) is 15.2 Å². The van der Waals surface area contributed by atoms with Crippen molar-refractivity contribution in [2.45, 2.75) is 45.9 Å². The standard InChI is InChI=1S/C17H25N3O/c1-17(2,3)19-11-14-7-8-15(18-10-14)12-20(4)13-16-6-5-9-21-16/h5-10,19H,11-13H2,1-4H3. The molecule has 114 valence electrons. The minimum Gasteiger partial charge on any atom is -0.468 e. The van der Waals surface area contributed by atoms with Crippen molar-refractivity contribution < 1.29 is 4.42 Å². The van der Waals surface area contributed by atoms with Gasteiger partial charge in [-0.3, -0.25) is 9.88 Å². The largest absolute Gasteiger partial charge is 0.468 e. The molecule has 0 amide bonds. The monoisotopic (exact) mass is 287 g/mol. The lowest BCUT2D eigenvalue weighted by molar-refractivity contribution is 0.284. The summed E-state index contributed by atoms with van der Waals surface area (Å²) in [5, 5.41) is 3.47. The lowest BCUT2D eigenvalue weighted by Gasteiger charge is -2.20. The van der Waals surface area contributed by atoms with Gasteiger partial charge in [-0.15, -0.1) is 0 Å². The maximum Gasteiger partial charge on any atom is 0.117 e. The van der Waals surface area contributed by atoms with Gasteiger partial charge in [-0.2, -0.15) is 0 Å². The Labute approximate surface area is 127 Å². The molecule has 0 radical (unpaired) electrons. The molecule has 0 aliphatic heterocycles. The first-order valence-corrected chi connectivity index (χ1v) is 7.32. The molecule has 2 aromatic rings. The molecule has 0 atom stereocenters. The van der Waals surface area contributed by atoms with E-state index in [4.69, 9.17) is 4.42 Å². The molecule has 2 heterocycles. The second-order valence-corrected chi connectivity index (χ2v) is 6.51. The molecule has 2 aromatic heterocycles. The van der Waals surface area contributed by atoms with Gasteiger partial charge in [0, 0.05) is 24.8 Å². The molecule has 21 heavy (non-hydrogen) atoms. The maximum absolute atomic E-state index is 5.35. The van der Waals surface area contributed by atoms with Crippen LogP contribution >= 0.6 is 0 Å². The summed E-state index contributed by atoms with van der Waals surface area (Å²) in [6.45, 7) is 8.95. The Bertz CT molecular complexity index is 526. The van der Waals surface area contributed by atoms with Crippen LogP contribution in [0.2, 0.25) is 0 Å². The van der Waals surface area contributed by atoms with Crippen LogP contribution in [-0.2, 0) is 19.6 Å². The quantitative estimate of drug-likeness (QED) is 0.886. The molecule has 1 N–H and O–H groups in total.